The molecule has 0 N–H and O–H groups in total. The number of ether oxygens (including phenoxy) is 2. The molecule has 0 saturated carbocycles. The van der Waals surface area contributed by atoms with E-state index in [4.69, 9.17) is 13.7 Å². The number of rotatable bonds is 4. The summed E-state index contributed by atoms with van der Waals surface area (Å²) < 4.78 is 40.9. The van der Waals surface area contributed by atoms with E-state index in [0.717, 1.165) is 11.1 Å². The van der Waals surface area contributed by atoms with Gasteiger partial charge < -0.3 is 9.47 Å². The van der Waals surface area contributed by atoms with Crippen molar-refractivity contribution >= 4 is 10.1 Å². The van der Waals surface area contributed by atoms with E-state index < -0.39 is 16.2 Å². The Hall–Kier alpha value is -2.05. The lowest BCUT2D eigenvalue weighted by Crippen LogP contribution is -2.34. The van der Waals surface area contributed by atoms with Gasteiger partial charge in [-0.25, -0.2) is 0 Å². The maximum atomic E-state index is 12.2. The smallest absolute Gasteiger partial charge is 0.297 e. The topological polar surface area (TPSA) is 61.8 Å². The monoisotopic (exact) mass is 334 g/mol. The predicted molar refractivity (Wildman–Crippen MR) is 85.4 cm³/mol. The molecule has 5 nitrogen and oxygen atoms in total. The first-order valence-corrected chi connectivity index (χ1v) is 8.72. The van der Waals surface area contributed by atoms with Gasteiger partial charge >= 0.3 is 0 Å². The Bertz CT molecular complexity index is 796. The molecule has 0 amide bonds. The van der Waals surface area contributed by atoms with Crippen LogP contribution in [0.2, 0.25) is 0 Å². The van der Waals surface area contributed by atoms with Crippen LogP contribution in [0.3, 0.4) is 0 Å². The molecule has 1 heterocycles. The first kappa shape index (κ1) is 15.8. The summed E-state index contributed by atoms with van der Waals surface area (Å²) in [5.74, 6) is 1.31. The summed E-state index contributed by atoms with van der Waals surface area (Å²) in [6.45, 7) is 3.96. The second kappa shape index (κ2) is 6.22. The SMILES string of the molecule is Cc1ccc(S(=O)(=O)OCC2COc3cccc(C)c3O2)cc1. The molecule has 0 aromatic heterocycles. The molecule has 122 valence electrons. The lowest BCUT2D eigenvalue weighted by Gasteiger charge is -2.27. The van der Waals surface area contributed by atoms with Crippen LogP contribution in [-0.2, 0) is 14.3 Å². The number of aryl methyl sites for hydroxylation is 2. The molecule has 1 aliphatic rings. The van der Waals surface area contributed by atoms with Crippen LogP contribution in [0.5, 0.6) is 11.5 Å². The van der Waals surface area contributed by atoms with E-state index in [9.17, 15) is 8.42 Å². The van der Waals surface area contributed by atoms with Crippen LogP contribution in [-0.4, -0.2) is 27.7 Å². The second-order valence-electron chi connectivity index (χ2n) is 5.50. The molecule has 0 aliphatic carbocycles. The third-order valence-electron chi connectivity index (χ3n) is 3.60. The summed E-state index contributed by atoms with van der Waals surface area (Å²) in [5, 5.41) is 0. The van der Waals surface area contributed by atoms with Gasteiger partial charge in [0.05, 0.1) is 4.90 Å². The Balaban J connectivity index is 1.67. The van der Waals surface area contributed by atoms with E-state index in [1.807, 2.05) is 32.0 Å². The van der Waals surface area contributed by atoms with Gasteiger partial charge in [0.15, 0.2) is 17.6 Å². The Kier molecular flexibility index (Phi) is 4.28. The van der Waals surface area contributed by atoms with Gasteiger partial charge in [-0.1, -0.05) is 29.8 Å². The van der Waals surface area contributed by atoms with Crippen LogP contribution in [0.25, 0.3) is 0 Å². The van der Waals surface area contributed by atoms with Gasteiger partial charge in [-0.05, 0) is 37.6 Å². The molecule has 23 heavy (non-hydrogen) atoms. The van der Waals surface area contributed by atoms with Crippen molar-refractivity contribution in [3.05, 3.63) is 53.6 Å². The predicted octanol–water partition coefficient (Wildman–Crippen LogP) is 2.85. The fraction of sp³-hybridized carbons (Fsp3) is 0.294. The average molecular weight is 334 g/mol. The van der Waals surface area contributed by atoms with Crippen LogP contribution >= 0.6 is 0 Å². The molecule has 0 spiro atoms. The van der Waals surface area contributed by atoms with E-state index >= 15 is 0 Å². The number of fused-ring (bicyclic) bond motifs is 1. The molecular formula is C17H18O5S. The summed E-state index contributed by atoms with van der Waals surface area (Å²) in [7, 11) is -3.80. The number of hydrogen-bond donors (Lipinski definition) is 0. The van der Waals surface area contributed by atoms with Crippen molar-refractivity contribution in [3.8, 4) is 11.5 Å². The van der Waals surface area contributed by atoms with Crippen molar-refractivity contribution in [1.82, 2.24) is 0 Å². The normalized spacial score (nSPS) is 17.0. The zero-order chi connectivity index (χ0) is 16.4. The fourth-order valence-corrected chi connectivity index (χ4v) is 3.23. The van der Waals surface area contributed by atoms with E-state index in [1.54, 1.807) is 12.1 Å². The van der Waals surface area contributed by atoms with Gasteiger partial charge in [-0.2, -0.15) is 8.42 Å². The quantitative estimate of drug-likeness (QED) is 0.805. The molecule has 2 aromatic carbocycles. The van der Waals surface area contributed by atoms with Crippen molar-refractivity contribution in [3.63, 3.8) is 0 Å². The Morgan fingerprint density at radius 2 is 1.87 bits per heavy atom. The molecule has 3 rings (SSSR count). The first-order valence-electron chi connectivity index (χ1n) is 7.31. The van der Waals surface area contributed by atoms with Gasteiger partial charge in [0.25, 0.3) is 10.1 Å². The summed E-state index contributed by atoms with van der Waals surface area (Å²) in [4.78, 5) is 0.136. The molecule has 2 aromatic rings. The summed E-state index contributed by atoms with van der Waals surface area (Å²) >= 11 is 0. The third kappa shape index (κ3) is 3.48. The largest absolute Gasteiger partial charge is 0.486 e. The van der Waals surface area contributed by atoms with Crippen LogP contribution in [0.15, 0.2) is 47.4 Å². The fourth-order valence-electron chi connectivity index (χ4n) is 2.29. The zero-order valence-corrected chi connectivity index (χ0v) is 13.8. The van der Waals surface area contributed by atoms with Crippen molar-refractivity contribution in [2.45, 2.75) is 24.8 Å². The summed E-state index contributed by atoms with van der Waals surface area (Å²) in [6.07, 6.45) is -0.469. The van der Waals surface area contributed by atoms with Gasteiger partial charge in [-0.15, -0.1) is 0 Å². The highest BCUT2D eigenvalue weighted by molar-refractivity contribution is 7.86. The lowest BCUT2D eigenvalue weighted by molar-refractivity contribution is 0.0548. The highest BCUT2D eigenvalue weighted by Crippen LogP contribution is 2.34. The molecule has 0 bridgehead atoms. The minimum atomic E-state index is -3.80. The number of hydrogen-bond acceptors (Lipinski definition) is 5. The van der Waals surface area contributed by atoms with Crippen molar-refractivity contribution < 1.29 is 22.1 Å². The molecule has 1 atom stereocenters. The van der Waals surface area contributed by atoms with Gasteiger partial charge in [0.2, 0.25) is 0 Å². The average Bonchev–Trinajstić information content (AvgIpc) is 2.54. The number of benzene rings is 2. The summed E-state index contributed by atoms with van der Waals surface area (Å²) in [5.41, 5.74) is 1.92. The molecular weight excluding hydrogens is 316 g/mol. The Morgan fingerprint density at radius 1 is 1.13 bits per heavy atom. The summed E-state index contributed by atoms with van der Waals surface area (Å²) in [6, 6.07) is 12.1. The molecule has 0 saturated heterocycles. The van der Waals surface area contributed by atoms with E-state index in [2.05, 4.69) is 0 Å². The molecule has 1 aliphatic heterocycles. The highest BCUT2D eigenvalue weighted by Gasteiger charge is 2.25. The first-order chi connectivity index (χ1) is 11.0. The standard InChI is InChI=1S/C17H18O5S/c1-12-6-8-15(9-7-12)23(18,19)21-11-14-10-20-16-5-3-4-13(2)17(16)22-14/h3-9,14H,10-11H2,1-2H3. The second-order valence-corrected chi connectivity index (χ2v) is 7.12. The molecule has 0 fully saturated rings. The third-order valence-corrected chi connectivity index (χ3v) is 4.90. The van der Waals surface area contributed by atoms with E-state index in [0.29, 0.717) is 11.5 Å². The van der Waals surface area contributed by atoms with Crippen LogP contribution in [0.1, 0.15) is 11.1 Å². The Labute approximate surface area is 135 Å². The van der Waals surface area contributed by atoms with Crippen molar-refractivity contribution in [1.29, 1.82) is 0 Å². The van der Waals surface area contributed by atoms with Gasteiger partial charge in [0, 0.05) is 0 Å². The maximum Gasteiger partial charge on any atom is 0.297 e. The van der Waals surface area contributed by atoms with Gasteiger partial charge in [-0.3, -0.25) is 4.18 Å². The molecule has 6 heteroatoms. The minimum absolute atomic E-state index is 0.0933. The van der Waals surface area contributed by atoms with E-state index in [1.165, 1.54) is 12.1 Å². The van der Waals surface area contributed by atoms with Crippen LogP contribution < -0.4 is 9.47 Å². The van der Waals surface area contributed by atoms with Gasteiger partial charge in [0.1, 0.15) is 13.2 Å². The van der Waals surface area contributed by atoms with Crippen molar-refractivity contribution in [2.24, 2.45) is 0 Å². The molecule has 0 radical (unpaired) electrons. The van der Waals surface area contributed by atoms with E-state index in [-0.39, 0.29) is 18.1 Å². The highest BCUT2D eigenvalue weighted by atomic mass is 32.2. The molecule has 1 unspecified atom stereocenters. The van der Waals surface area contributed by atoms with Crippen LogP contribution in [0.4, 0.5) is 0 Å². The van der Waals surface area contributed by atoms with Crippen LogP contribution in [0, 0.1) is 13.8 Å². The number of para-hydroxylation sites is 1. The maximum absolute atomic E-state index is 12.2. The zero-order valence-electron chi connectivity index (χ0n) is 13.0. The minimum Gasteiger partial charge on any atom is -0.486 e. The van der Waals surface area contributed by atoms with Crippen molar-refractivity contribution in [2.75, 3.05) is 13.2 Å². The Morgan fingerprint density at radius 3 is 2.61 bits per heavy atom. The lowest BCUT2D eigenvalue weighted by atomic mass is 10.2.